The van der Waals surface area contributed by atoms with Gasteiger partial charge < -0.3 is 4.74 Å². The molecule has 8 heteroatoms. The average molecular weight is 296 g/mol. The van der Waals surface area contributed by atoms with Crippen LogP contribution in [0.5, 0.6) is 0 Å². The van der Waals surface area contributed by atoms with Crippen molar-refractivity contribution in [2.24, 2.45) is 0 Å². The van der Waals surface area contributed by atoms with E-state index in [0.717, 1.165) is 11.3 Å². The molecule has 0 unspecified atom stereocenters. The van der Waals surface area contributed by atoms with E-state index in [4.69, 9.17) is 4.74 Å². The van der Waals surface area contributed by atoms with E-state index in [2.05, 4.69) is 0 Å². The summed E-state index contributed by atoms with van der Waals surface area (Å²) in [5.74, 6) is -0.514. The van der Waals surface area contributed by atoms with Gasteiger partial charge in [0.1, 0.15) is 6.54 Å². The minimum absolute atomic E-state index is 0.0874. The number of hydrogen-bond acceptors (Lipinski definition) is 6. The second-order valence-electron chi connectivity index (χ2n) is 4.40. The van der Waals surface area contributed by atoms with Gasteiger partial charge in [0.05, 0.1) is 21.2 Å². The monoisotopic (exact) mass is 296 g/mol. The number of hydrogen-bond donors (Lipinski definition) is 0. The largest absolute Gasteiger partial charge is 0.462 e. The summed E-state index contributed by atoms with van der Waals surface area (Å²) in [4.78, 5) is 33.3. The normalized spacial score (nSPS) is 10.9. The first kappa shape index (κ1) is 14.2. The highest BCUT2D eigenvalue weighted by molar-refractivity contribution is 7.16. The molecule has 2 rings (SSSR count). The van der Waals surface area contributed by atoms with Crippen LogP contribution in [0.2, 0.25) is 0 Å². The fourth-order valence-electron chi connectivity index (χ4n) is 1.75. The first-order chi connectivity index (χ1) is 9.38. The summed E-state index contributed by atoms with van der Waals surface area (Å²) >= 11 is 0.866. The van der Waals surface area contributed by atoms with Crippen molar-refractivity contribution in [3.8, 4) is 0 Å². The number of carbonyl (C=O) groups is 1. The van der Waals surface area contributed by atoms with E-state index in [1.165, 1.54) is 22.8 Å². The van der Waals surface area contributed by atoms with Gasteiger partial charge in [-0.05, 0) is 19.9 Å². The molecule has 0 saturated carbocycles. The summed E-state index contributed by atoms with van der Waals surface area (Å²) in [5, 5.41) is 10.7. The van der Waals surface area contributed by atoms with E-state index in [1.54, 1.807) is 13.8 Å². The zero-order chi connectivity index (χ0) is 14.9. The second-order valence-corrected chi connectivity index (χ2v) is 5.40. The summed E-state index contributed by atoms with van der Waals surface area (Å²) < 4.78 is 6.72. The molecule has 7 nitrogen and oxygen atoms in total. The van der Waals surface area contributed by atoms with Crippen LogP contribution in [0.25, 0.3) is 10.2 Å². The number of rotatable bonds is 4. The summed E-state index contributed by atoms with van der Waals surface area (Å²) in [5.41, 5.74) is 0.405. The fourth-order valence-corrected chi connectivity index (χ4v) is 2.67. The standard InChI is InChI=1S/C12H12N2O5S/c1-7(2)19-11(15)6-13-9-4-3-8(14(17)18)5-10(9)20-12(13)16/h3-5,7H,6H2,1-2H3. The highest BCUT2D eigenvalue weighted by atomic mass is 32.1. The summed E-state index contributed by atoms with van der Waals surface area (Å²) in [7, 11) is 0. The number of nitro groups is 1. The number of carbonyl (C=O) groups excluding carboxylic acids is 1. The van der Waals surface area contributed by atoms with Crippen LogP contribution in [0.1, 0.15) is 13.8 Å². The number of thiazole rings is 1. The van der Waals surface area contributed by atoms with Gasteiger partial charge in [-0.2, -0.15) is 0 Å². The Kier molecular flexibility index (Phi) is 3.84. The van der Waals surface area contributed by atoms with E-state index in [1.807, 2.05) is 0 Å². The predicted molar refractivity (Wildman–Crippen MR) is 74.0 cm³/mol. The van der Waals surface area contributed by atoms with Crippen LogP contribution in [0.4, 0.5) is 5.69 Å². The second kappa shape index (κ2) is 5.41. The lowest BCUT2D eigenvalue weighted by Crippen LogP contribution is -2.22. The Hall–Kier alpha value is -2.22. The van der Waals surface area contributed by atoms with Gasteiger partial charge in [-0.3, -0.25) is 24.3 Å². The quantitative estimate of drug-likeness (QED) is 0.488. The first-order valence-corrected chi connectivity index (χ1v) is 6.67. The van der Waals surface area contributed by atoms with Gasteiger partial charge in [-0.25, -0.2) is 0 Å². The number of fused-ring (bicyclic) bond motifs is 1. The van der Waals surface area contributed by atoms with Crippen LogP contribution < -0.4 is 4.87 Å². The molecule has 0 amide bonds. The molecule has 0 saturated heterocycles. The molecule has 0 bridgehead atoms. The number of non-ortho nitro benzene ring substituents is 1. The maximum Gasteiger partial charge on any atom is 0.326 e. The van der Waals surface area contributed by atoms with E-state index in [-0.39, 0.29) is 23.2 Å². The van der Waals surface area contributed by atoms with Gasteiger partial charge in [0, 0.05) is 12.1 Å². The number of ether oxygens (including phenoxy) is 1. The Balaban J connectivity index is 2.39. The van der Waals surface area contributed by atoms with Gasteiger partial charge in [0.15, 0.2) is 0 Å². The highest BCUT2D eigenvalue weighted by Gasteiger charge is 2.15. The van der Waals surface area contributed by atoms with Crippen LogP contribution in [0.15, 0.2) is 23.0 Å². The number of aromatic nitrogens is 1. The molecule has 20 heavy (non-hydrogen) atoms. The minimum Gasteiger partial charge on any atom is -0.462 e. The number of nitro benzene ring substituents is 1. The molecule has 106 valence electrons. The average Bonchev–Trinajstić information content (AvgIpc) is 2.64. The van der Waals surface area contributed by atoms with Crippen molar-refractivity contribution >= 4 is 33.2 Å². The predicted octanol–water partition coefficient (Wildman–Crippen LogP) is 1.92. The van der Waals surface area contributed by atoms with Crippen LogP contribution in [0.3, 0.4) is 0 Å². The third-order valence-corrected chi connectivity index (χ3v) is 3.46. The topological polar surface area (TPSA) is 91.4 Å². The van der Waals surface area contributed by atoms with Gasteiger partial charge in [-0.1, -0.05) is 11.3 Å². The molecule has 0 aliphatic carbocycles. The van der Waals surface area contributed by atoms with Crippen LogP contribution in [-0.4, -0.2) is 21.6 Å². The molecule has 0 fully saturated rings. The van der Waals surface area contributed by atoms with Crippen molar-refractivity contribution in [3.05, 3.63) is 38.0 Å². The zero-order valence-electron chi connectivity index (χ0n) is 10.9. The minimum atomic E-state index is -0.527. The number of benzene rings is 1. The lowest BCUT2D eigenvalue weighted by atomic mass is 10.3. The molecule has 1 aromatic carbocycles. The Morgan fingerprint density at radius 1 is 1.50 bits per heavy atom. The molecule has 0 spiro atoms. The number of nitrogens with zero attached hydrogens (tertiary/aromatic N) is 2. The molecule has 1 aromatic heterocycles. The van der Waals surface area contributed by atoms with Gasteiger partial charge >= 0.3 is 10.8 Å². The van der Waals surface area contributed by atoms with Crippen LogP contribution >= 0.6 is 11.3 Å². The van der Waals surface area contributed by atoms with Crippen LogP contribution in [-0.2, 0) is 16.1 Å². The Labute approximate surface area is 117 Å². The summed E-state index contributed by atoms with van der Waals surface area (Å²) in [6.07, 6.45) is -0.260. The van der Waals surface area contributed by atoms with Gasteiger partial charge in [0.25, 0.3) is 5.69 Å². The smallest absolute Gasteiger partial charge is 0.326 e. The molecule has 0 N–H and O–H groups in total. The molecule has 0 atom stereocenters. The van der Waals surface area contributed by atoms with Gasteiger partial charge in [0.2, 0.25) is 0 Å². The Morgan fingerprint density at radius 2 is 2.20 bits per heavy atom. The van der Waals surface area contributed by atoms with Crippen molar-refractivity contribution in [2.75, 3.05) is 0 Å². The van der Waals surface area contributed by atoms with Crippen molar-refractivity contribution < 1.29 is 14.5 Å². The summed E-state index contributed by atoms with van der Waals surface area (Å²) in [6.45, 7) is 3.24. The Bertz CT molecular complexity index is 731. The van der Waals surface area contributed by atoms with Crippen LogP contribution in [0, 0.1) is 10.1 Å². The summed E-state index contributed by atoms with van der Waals surface area (Å²) in [6, 6.07) is 4.10. The van der Waals surface area contributed by atoms with E-state index >= 15 is 0 Å². The molecular formula is C12H12N2O5S. The molecule has 0 aliphatic rings. The fraction of sp³-hybridized carbons (Fsp3) is 0.333. The SMILES string of the molecule is CC(C)OC(=O)Cn1c(=O)sc2cc([N+](=O)[O-])ccc21. The van der Waals surface area contributed by atoms with Crippen molar-refractivity contribution in [1.82, 2.24) is 4.57 Å². The molecule has 0 aliphatic heterocycles. The lowest BCUT2D eigenvalue weighted by Gasteiger charge is -2.08. The maximum atomic E-state index is 11.8. The third kappa shape index (κ3) is 2.85. The molecule has 1 heterocycles. The van der Waals surface area contributed by atoms with Gasteiger partial charge in [-0.15, -0.1) is 0 Å². The zero-order valence-corrected chi connectivity index (χ0v) is 11.7. The maximum absolute atomic E-state index is 11.8. The molecule has 0 radical (unpaired) electrons. The van der Waals surface area contributed by atoms with Crippen molar-refractivity contribution in [2.45, 2.75) is 26.5 Å². The molecular weight excluding hydrogens is 284 g/mol. The molecule has 2 aromatic rings. The van der Waals surface area contributed by atoms with E-state index < -0.39 is 10.9 Å². The number of esters is 1. The van der Waals surface area contributed by atoms with E-state index in [9.17, 15) is 19.7 Å². The van der Waals surface area contributed by atoms with Crippen molar-refractivity contribution in [3.63, 3.8) is 0 Å². The highest BCUT2D eigenvalue weighted by Crippen LogP contribution is 2.23. The van der Waals surface area contributed by atoms with E-state index in [0.29, 0.717) is 10.2 Å². The van der Waals surface area contributed by atoms with Crippen molar-refractivity contribution in [1.29, 1.82) is 0 Å². The third-order valence-electron chi connectivity index (χ3n) is 2.52. The first-order valence-electron chi connectivity index (χ1n) is 5.85. The Morgan fingerprint density at radius 3 is 2.80 bits per heavy atom. The lowest BCUT2D eigenvalue weighted by molar-refractivity contribution is -0.384.